The number of primary amides is 1. The molecule has 0 aromatic carbocycles. The van der Waals surface area contributed by atoms with E-state index in [0.29, 0.717) is 13.0 Å². The van der Waals surface area contributed by atoms with Gasteiger partial charge in [0.15, 0.2) is 0 Å². The normalized spacial score (nSPS) is 21.0. The summed E-state index contributed by atoms with van der Waals surface area (Å²) in [5, 5.41) is 2.90. The van der Waals surface area contributed by atoms with E-state index in [0.717, 1.165) is 6.54 Å². The number of carbonyl (C=O) groups is 1. The molecule has 4 nitrogen and oxygen atoms in total. The van der Waals surface area contributed by atoms with Crippen LogP contribution in [0, 0.1) is 0 Å². The van der Waals surface area contributed by atoms with Crippen LogP contribution >= 0.6 is 0 Å². The maximum Gasteiger partial charge on any atom is 0.405 e. The second-order valence-electron chi connectivity index (χ2n) is 4.12. The van der Waals surface area contributed by atoms with Crippen molar-refractivity contribution in [3.05, 3.63) is 0 Å². The lowest BCUT2D eigenvalue weighted by atomic mass is 10.2. The first kappa shape index (κ1) is 13.2. The summed E-state index contributed by atoms with van der Waals surface area (Å²) < 4.78 is 16.4. The Morgan fingerprint density at radius 2 is 2.14 bits per heavy atom. The third-order valence-corrected chi connectivity index (χ3v) is 1.41. The van der Waals surface area contributed by atoms with Crippen molar-refractivity contribution in [1.82, 2.24) is 5.32 Å². The Morgan fingerprint density at radius 1 is 1.57 bits per heavy atom. The first-order valence-corrected chi connectivity index (χ1v) is 4.64. The summed E-state index contributed by atoms with van der Waals surface area (Å²) in [6.07, 6.45) is -0.581. The number of carbonyl (C=O) groups excluding carboxylic acids is 1. The maximum absolute atomic E-state index is 11.9. The fourth-order valence-corrected chi connectivity index (χ4v) is 0.921. The molecule has 1 heterocycles. The van der Waals surface area contributed by atoms with Crippen LogP contribution in [0.4, 0.5) is 9.18 Å². The zero-order chi connectivity index (χ0) is 11.2. The summed E-state index contributed by atoms with van der Waals surface area (Å²) in [5.74, 6) is 0. The van der Waals surface area contributed by atoms with Crippen LogP contribution in [0.15, 0.2) is 0 Å². The van der Waals surface area contributed by atoms with Crippen molar-refractivity contribution in [2.75, 3.05) is 13.1 Å². The molecule has 1 amide bonds. The lowest BCUT2D eigenvalue weighted by Gasteiger charge is -2.16. The summed E-state index contributed by atoms with van der Waals surface area (Å²) in [6.45, 7) is 6.72. The van der Waals surface area contributed by atoms with Crippen molar-refractivity contribution < 1.29 is 13.9 Å². The summed E-state index contributed by atoms with van der Waals surface area (Å²) >= 11 is 0. The Bertz CT molecular complexity index is 174. The lowest BCUT2D eigenvalue weighted by molar-refractivity contribution is 0.0600. The Labute approximate surface area is 84.0 Å². The van der Waals surface area contributed by atoms with Gasteiger partial charge in [-0.1, -0.05) is 0 Å². The highest BCUT2D eigenvalue weighted by Gasteiger charge is 2.12. The van der Waals surface area contributed by atoms with Crippen LogP contribution in [0.25, 0.3) is 0 Å². The largest absolute Gasteiger partial charge is 0.444 e. The van der Waals surface area contributed by atoms with E-state index in [9.17, 15) is 9.18 Å². The van der Waals surface area contributed by atoms with Gasteiger partial charge in [0.25, 0.3) is 0 Å². The van der Waals surface area contributed by atoms with Gasteiger partial charge in [0.2, 0.25) is 0 Å². The number of alkyl halides is 1. The highest BCUT2D eigenvalue weighted by atomic mass is 19.1. The highest BCUT2D eigenvalue weighted by molar-refractivity contribution is 5.65. The fraction of sp³-hybridized carbons (Fsp3) is 0.889. The number of nitrogens with one attached hydrogen (secondary N) is 1. The van der Waals surface area contributed by atoms with E-state index in [4.69, 9.17) is 5.73 Å². The van der Waals surface area contributed by atoms with Crippen LogP contribution in [0.3, 0.4) is 0 Å². The predicted molar refractivity (Wildman–Crippen MR) is 52.8 cm³/mol. The van der Waals surface area contributed by atoms with Crippen LogP contribution in [-0.4, -0.2) is 31.0 Å². The summed E-state index contributed by atoms with van der Waals surface area (Å²) in [5.41, 5.74) is 4.26. The van der Waals surface area contributed by atoms with Gasteiger partial charge in [-0.15, -0.1) is 0 Å². The second kappa shape index (κ2) is 5.80. The quantitative estimate of drug-likeness (QED) is 0.626. The van der Waals surface area contributed by atoms with E-state index >= 15 is 0 Å². The average molecular weight is 206 g/mol. The minimum absolute atomic E-state index is 0.453. The van der Waals surface area contributed by atoms with E-state index in [1.165, 1.54) is 0 Å². The molecule has 14 heavy (non-hydrogen) atoms. The number of hydrogen-bond donors (Lipinski definition) is 2. The van der Waals surface area contributed by atoms with E-state index in [2.05, 4.69) is 10.1 Å². The zero-order valence-corrected chi connectivity index (χ0v) is 8.97. The number of ether oxygens (including phenoxy) is 1. The van der Waals surface area contributed by atoms with Crippen molar-refractivity contribution in [2.24, 2.45) is 5.73 Å². The van der Waals surface area contributed by atoms with Crippen molar-refractivity contribution in [3.8, 4) is 0 Å². The third kappa shape index (κ3) is 9.25. The van der Waals surface area contributed by atoms with Crippen molar-refractivity contribution in [1.29, 1.82) is 0 Å². The molecule has 0 aromatic heterocycles. The van der Waals surface area contributed by atoms with Gasteiger partial charge in [0.1, 0.15) is 11.8 Å². The molecular formula is C9H19FN2O2. The summed E-state index contributed by atoms with van der Waals surface area (Å²) in [6, 6.07) is 0. The van der Waals surface area contributed by atoms with Gasteiger partial charge in [-0.2, -0.15) is 0 Å². The smallest absolute Gasteiger partial charge is 0.405 e. The molecule has 1 rings (SSSR count). The Balaban J connectivity index is 0.000000249. The minimum atomic E-state index is -0.725. The number of halogens is 1. The molecule has 1 aliphatic heterocycles. The molecule has 1 unspecified atom stereocenters. The molecule has 1 saturated heterocycles. The van der Waals surface area contributed by atoms with Crippen LogP contribution in [0.2, 0.25) is 0 Å². The number of hydrogen-bond acceptors (Lipinski definition) is 3. The van der Waals surface area contributed by atoms with Crippen LogP contribution in [-0.2, 0) is 4.74 Å². The van der Waals surface area contributed by atoms with Gasteiger partial charge in [-0.05, 0) is 33.7 Å². The molecule has 0 spiro atoms. The SMILES string of the molecule is CC(C)(C)OC(N)=O.FC1CCNC1. The molecule has 3 N–H and O–H groups in total. The second-order valence-corrected chi connectivity index (χ2v) is 4.12. The first-order chi connectivity index (χ1) is 6.31. The monoisotopic (exact) mass is 206 g/mol. The molecule has 0 radical (unpaired) electrons. The van der Waals surface area contributed by atoms with Gasteiger partial charge in [0, 0.05) is 6.54 Å². The van der Waals surface area contributed by atoms with Gasteiger partial charge >= 0.3 is 6.09 Å². The number of nitrogens with two attached hydrogens (primary N) is 1. The van der Waals surface area contributed by atoms with Crippen molar-refractivity contribution in [2.45, 2.75) is 39.0 Å². The number of rotatable bonds is 0. The molecule has 5 heteroatoms. The number of amides is 1. The molecule has 0 saturated carbocycles. The molecular weight excluding hydrogens is 187 g/mol. The van der Waals surface area contributed by atoms with E-state index < -0.39 is 17.9 Å². The predicted octanol–water partition coefficient (Wildman–Crippen LogP) is 1.20. The van der Waals surface area contributed by atoms with Gasteiger partial charge in [-0.25, -0.2) is 9.18 Å². The van der Waals surface area contributed by atoms with Gasteiger partial charge in [0.05, 0.1) is 0 Å². The van der Waals surface area contributed by atoms with E-state index in [1.807, 2.05) is 0 Å². The van der Waals surface area contributed by atoms with Crippen molar-refractivity contribution in [3.63, 3.8) is 0 Å². The third-order valence-electron chi connectivity index (χ3n) is 1.41. The van der Waals surface area contributed by atoms with Crippen molar-refractivity contribution >= 4 is 6.09 Å². The highest BCUT2D eigenvalue weighted by Crippen LogP contribution is 2.04. The zero-order valence-electron chi connectivity index (χ0n) is 8.97. The fourth-order valence-electron chi connectivity index (χ4n) is 0.921. The standard InChI is InChI=1S/C5H11NO2.C4H8FN/c1-5(2,3)8-4(6)7;5-4-1-2-6-3-4/h1-3H3,(H2,6,7);4,6H,1-3H2. The Morgan fingerprint density at radius 3 is 2.21 bits per heavy atom. The van der Waals surface area contributed by atoms with E-state index in [1.54, 1.807) is 20.8 Å². The molecule has 0 aliphatic carbocycles. The first-order valence-electron chi connectivity index (χ1n) is 4.64. The molecule has 1 fully saturated rings. The van der Waals surface area contributed by atoms with Gasteiger partial charge in [-0.3, -0.25) is 0 Å². The molecule has 0 aromatic rings. The molecule has 0 bridgehead atoms. The minimum Gasteiger partial charge on any atom is -0.444 e. The Hall–Kier alpha value is -0.840. The summed E-state index contributed by atoms with van der Waals surface area (Å²) in [4.78, 5) is 10.0. The summed E-state index contributed by atoms with van der Waals surface area (Å²) in [7, 11) is 0. The average Bonchev–Trinajstić information content (AvgIpc) is 2.34. The Kier molecular flexibility index (Phi) is 5.45. The van der Waals surface area contributed by atoms with Gasteiger partial charge < -0.3 is 15.8 Å². The maximum atomic E-state index is 11.9. The molecule has 1 aliphatic rings. The van der Waals surface area contributed by atoms with Crippen LogP contribution in [0.5, 0.6) is 0 Å². The van der Waals surface area contributed by atoms with Crippen LogP contribution < -0.4 is 11.1 Å². The lowest BCUT2D eigenvalue weighted by Crippen LogP contribution is -2.27. The molecule has 84 valence electrons. The topological polar surface area (TPSA) is 64.3 Å². The van der Waals surface area contributed by atoms with Crippen LogP contribution in [0.1, 0.15) is 27.2 Å². The molecule has 1 atom stereocenters. The van der Waals surface area contributed by atoms with E-state index in [-0.39, 0.29) is 0 Å².